The first kappa shape index (κ1) is 19.7. The molecule has 1 unspecified atom stereocenters. The molecule has 3 rings (SSSR count). The molecule has 6 nitrogen and oxygen atoms in total. The molecule has 1 aromatic heterocycles. The lowest BCUT2D eigenvalue weighted by molar-refractivity contribution is -0.0729. The molecule has 148 valence electrons. The van der Waals surface area contributed by atoms with Crippen LogP contribution >= 0.6 is 0 Å². The zero-order valence-corrected chi connectivity index (χ0v) is 15.3. The van der Waals surface area contributed by atoms with E-state index < -0.39 is 24.4 Å². The number of alkyl halides is 2. The van der Waals surface area contributed by atoms with Crippen molar-refractivity contribution in [3.05, 3.63) is 59.3 Å². The second-order valence-electron chi connectivity index (χ2n) is 6.53. The van der Waals surface area contributed by atoms with Gasteiger partial charge in [-0.25, -0.2) is 18.6 Å². The number of amides is 1. The van der Waals surface area contributed by atoms with E-state index >= 15 is 0 Å². The standard InChI is InChI=1S/C20H20F2N2O4/c1-27-18-16(12-25)9-15(10-23-18)17-11-24(8-7-20(17,21)22)19(26)28-13-14-5-3-2-4-6-14/h2-6,9-10,12,17H,7-8,11,13H2,1H3. The van der Waals surface area contributed by atoms with Crippen molar-refractivity contribution in [3.63, 3.8) is 0 Å². The van der Waals surface area contributed by atoms with Crippen LogP contribution in [0.4, 0.5) is 13.6 Å². The Kier molecular flexibility index (Phi) is 5.87. The minimum atomic E-state index is -3.04. The van der Waals surface area contributed by atoms with E-state index in [0.717, 1.165) is 5.56 Å². The molecule has 8 heteroatoms. The number of carbonyl (C=O) groups is 2. The minimum absolute atomic E-state index is 0.0661. The third-order valence-corrected chi connectivity index (χ3v) is 4.71. The van der Waals surface area contributed by atoms with Crippen molar-refractivity contribution in [2.75, 3.05) is 20.2 Å². The highest BCUT2D eigenvalue weighted by atomic mass is 19.3. The van der Waals surface area contributed by atoms with Crippen LogP contribution in [0.25, 0.3) is 0 Å². The molecule has 2 heterocycles. The summed E-state index contributed by atoms with van der Waals surface area (Å²) in [5, 5.41) is 0. The van der Waals surface area contributed by atoms with Crippen molar-refractivity contribution in [1.29, 1.82) is 0 Å². The first-order valence-corrected chi connectivity index (χ1v) is 8.77. The average Bonchev–Trinajstić information content (AvgIpc) is 2.72. The SMILES string of the molecule is COc1ncc(C2CN(C(=O)OCc3ccccc3)CCC2(F)F)cc1C=O. The second-order valence-corrected chi connectivity index (χ2v) is 6.53. The van der Waals surface area contributed by atoms with Gasteiger partial charge in [0.2, 0.25) is 5.88 Å². The summed E-state index contributed by atoms with van der Waals surface area (Å²) < 4.78 is 39.3. The van der Waals surface area contributed by atoms with E-state index in [4.69, 9.17) is 9.47 Å². The summed E-state index contributed by atoms with van der Waals surface area (Å²) in [6.07, 6.45) is 0.604. The van der Waals surface area contributed by atoms with Crippen molar-refractivity contribution in [1.82, 2.24) is 9.88 Å². The van der Waals surface area contributed by atoms with Gasteiger partial charge in [-0.2, -0.15) is 0 Å². The molecular formula is C20H20F2N2O4. The Hall–Kier alpha value is -3.03. The molecular weight excluding hydrogens is 370 g/mol. The maximum atomic E-state index is 14.5. The highest BCUT2D eigenvalue weighted by molar-refractivity contribution is 5.78. The Morgan fingerprint density at radius 1 is 1.36 bits per heavy atom. The van der Waals surface area contributed by atoms with E-state index in [1.54, 1.807) is 0 Å². The molecule has 1 aliphatic rings. The summed E-state index contributed by atoms with van der Waals surface area (Å²) in [6, 6.07) is 10.4. The van der Waals surface area contributed by atoms with Gasteiger partial charge in [0.15, 0.2) is 6.29 Å². The van der Waals surface area contributed by atoms with Crippen LogP contribution in [0.2, 0.25) is 0 Å². The third kappa shape index (κ3) is 4.27. The van der Waals surface area contributed by atoms with E-state index in [9.17, 15) is 18.4 Å². The molecule has 0 saturated carbocycles. The summed E-state index contributed by atoms with van der Waals surface area (Å²) in [7, 11) is 1.34. The van der Waals surface area contributed by atoms with Crippen molar-refractivity contribution in [3.8, 4) is 5.88 Å². The number of halogens is 2. The number of aromatic nitrogens is 1. The predicted molar refractivity (Wildman–Crippen MR) is 96.7 cm³/mol. The zero-order chi connectivity index (χ0) is 20.1. The second kappa shape index (κ2) is 8.33. The van der Waals surface area contributed by atoms with Gasteiger partial charge < -0.3 is 14.4 Å². The van der Waals surface area contributed by atoms with Crippen LogP contribution in [0.15, 0.2) is 42.6 Å². The van der Waals surface area contributed by atoms with Gasteiger partial charge in [-0.05, 0) is 17.2 Å². The normalized spacial score (nSPS) is 18.4. The fraction of sp³-hybridized carbons (Fsp3) is 0.350. The number of hydrogen-bond acceptors (Lipinski definition) is 5. The number of carbonyl (C=O) groups excluding carboxylic acids is 2. The summed E-state index contributed by atoms with van der Waals surface area (Å²) in [4.78, 5) is 28.7. The lowest BCUT2D eigenvalue weighted by Crippen LogP contribution is -2.48. The maximum Gasteiger partial charge on any atom is 0.410 e. The summed E-state index contributed by atoms with van der Waals surface area (Å²) in [5.41, 5.74) is 1.07. The van der Waals surface area contributed by atoms with Crippen molar-refractivity contribution >= 4 is 12.4 Å². The smallest absolute Gasteiger partial charge is 0.410 e. The Morgan fingerprint density at radius 3 is 2.79 bits per heavy atom. The third-order valence-electron chi connectivity index (χ3n) is 4.71. The van der Waals surface area contributed by atoms with E-state index in [1.807, 2.05) is 30.3 Å². The lowest BCUT2D eigenvalue weighted by Gasteiger charge is -2.38. The molecule has 1 amide bonds. The van der Waals surface area contributed by atoms with E-state index in [2.05, 4.69) is 4.98 Å². The number of ether oxygens (including phenoxy) is 2. The number of hydrogen-bond donors (Lipinski definition) is 0. The fourth-order valence-corrected chi connectivity index (χ4v) is 3.16. The van der Waals surface area contributed by atoms with Crippen LogP contribution < -0.4 is 4.74 Å². The number of nitrogens with zero attached hydrogens (tertiary/aromatic N) is 2. The van der Waals surface area contributed by atoms with Gasteiger partial charge in [0.25, 0.3) is 5.92 Å². The van der Waals surface area contributed by atoms with Crippen molar-refractivity contribution in [2.45, 2.75) is 24.9 Å². The molecule has 0 spiro atoms. The van der Waals surface area contributed by atoms with Gasteiger partial charge in [0, 0.05) is 25.7 Å². The highest BCUT2D eigenvalue weighted by Crippen LogP contribution is 2.41. The summed E-state index contributed by atoms with van der Waals surface area (Å²) in [5.74, 6) is -4.26. The van der Waals surface area contributed by atoms with Gasteiger partial charge in [-0.3, -0.25) is 4.79 Å². The average molecular weight is 390 g/mol. The number of methoxy groups -OCH3 is 1. The maximum absolute atomic E-state index is 14.5. The number of rotatable bonds is 5. The van der Waals surface area contributed by atoms with E-state index in [-0.39, 0.29) is 36.7 Å². The number of aldehydes is 1. The molecule has 1 aliphatic heterocycles. The highest BCUT2D eigenvalue weighted by Gasteiger charge is 2.46. The van der Waals surface area contributed by atoms with Crippen LogP contribution in [0, 0.1) is 0 Å². The van der Waals surface area contributed by atoms with Crippen LogP contribution in [0.3, 0.4) is 0 Å². The van der Waals surface area contributed by atoms with Crippen molar-refractivity contribution in [2.24, 2.45) is 0 Å². The quantitative estimate of drug-likeness (QED) is 0.729. The molecule has 2 aromatic rings. The van der Waals surface area contributed by atoms with Gasteiger partial charge >= 0.3 is 6.09 Å². The number of likely N-dealkylation sites (tertiary alicyclic amines) is 1. The van der Waals surface area contributed by atoms with Crippen LogP contribution in [0.5, 0.6) is 5.88 Å². The first-order valence-electron chi connectivity index (χ1n) is 8.77. The number of pyridine rings is 1. The number of benzene rings is 1. The molecule has 28 heavy (non-hydrogen) atoms. The summed E-state index contributed by atoms with van der Waals surface area (Å²) >= 11 is 0. The molecule has 1 fully saturated rings. The van der Waals surface area contributed by atoms with E-state index in [0.29, 0.717) is 6.29 Å². The Labute approximate surface area is 161 Å². The molecule has 0 aliphatic carbocycles. The molecule has 0 radical (unpaired) electrons. The van der Waals surface area contributed by atoms with Gasteiger partial charge in [-0.1, -0.05) is 30.3 Å². The Balaban J connectivity index is 1.74. The lowest BCUT2D eigenvalue weighted by atomic mass is 9.87. The topological polar surface area (TPSA) is 68.7 Å². The number of piperidine rings is 1. The van der Waals surface area contributed by atoms with Gasteiger partial charge in [-0.15, -0.1) is 0 Å². The molecule has 1 atom stereocenters. The molecule has 0 bridgehead atoms. The van der Waals surface area contributed by atoms with E-state index in [1.165, 1.54) is 24.3 Å². The zero-order valence-electron chi connectivity index (χ0n) is 15.3. The fourth-order valence-electron chi connectivity index (χ4n) is 3.16. The van der Waals surface area contributed by atoms with Crippen LogP contribution in [-0.2, 0) is 11.3 Å². The Morgan fingerprint density at radius 2 is 2.11 bits per heavy atom. The first-order chi connectivity index (χ1) is 13.4. The van der Waals surface area contributed by atoms with Crippen LogP contribution in [-0.4, -0.2) is 48.4 Å². The molecule has 1 aromatic carbocycles. The Bertz CT molecular complexity index is 845. The van der Waals surface area contributed by atoms with Gasteiger partial charge in [0.1, 0.15) is 6.61 Å². The molecule has 0 N–H and O–H groups in total. The van der Waals surface area contributed by atoms with Crippen molar-refractivity contribution < 1.29 is 27.8 Å². The predicted octanol–water partition coefficient (Wildman–Crippen LogP) is 3.66. The largest absolute Gasteiger partial charge is 0.480 e. The summed E-state index contributed by atoms with van der Waals surface area (Å²) in [6.45, 7) is -0.273. The van der Waals surface area contributed by atoms with Gasteiger partial charge in [0.05, 0.1) is 18.6 Å². The van der Waals surface area contributed by atoms with Crippen LogP contribution in [0.1, 0.15) is 33.8 Å². The monoisotopic (exact) mass is 390 g/mol. The minimum Gasteiger partial charge on any atom is -0.480 e. The molecule has 1 saturated heterocycles.